The van der Waals surface area contributed by atoms with E-state index in [1.807, 2.05) is 6.07 Å². The molecule has 16 nitrogen and oxygen atoms in total. The van der Waals surface area contributed by atoms with Crippen molar-refractivity contribution in [3.63, 3.8) is 0 Å². The molecule has 9 N–H and O–H groups in total. The van der Waals surface area contributed by atoms with E-state index in [2.05, 4.69) is 31.4 Å². The average Bonchev–Trinajstić information content (AvgIpc) is 3.60. The molecule has 0 bridgehead atoms. The van der Waals surface area contributed by atoms with Crippen molar-refractivity contribution in [2.24, 2.45) is 0 Å². The summed E-state index contributed by atoms with van der Waals surface area (Å²) in [6.07, 6.45) is -4.23. The number of fused-ring (bicyclic) bond motifs is 1. The van der Waals surface area contributed by atoms with E-state index in [1.54, 1.807) is 56.3 Å². The van der Waals surface area contributed by atoms with Crippen molar-refractivity contribution >= 4 is 40.8 Å². The van der Waals surface area contributed by atoms with Crippen LogP contribution in [0.1, 0.15) is 62.7 Å². The minimum absolute atomic E-state index is 0.0410. The van der Waals surface area contributed by atoms with Crippen LogP contribution in [0, 0.1) is 13.8 Å². The number of carbonyl (C=O) groups is 4. The Morgan fingerprint density at radius 2 is 1.68 bits per heavy atom. The van der Waals surface area contributed by atoms with Crippen LogP contribution in [0.5, 0.6) is 5.75 Å². The molecule has 6 atom stereocenters. The summed E-state index contributed by atoms with van der Waals surface area (Å²) >= 11 is 0. The number of phenols is 1. The van der Waals surface area contributed by atoms with E-state index in [1.165, 1.54) is 25.1 Å². The Morgan fingerprint density at radius 1 is 0.981 bits per heavy atom. The van der Waals surface area contributed by atoms with Crippen molar-refractivity contribution in [2.75, 3.05) is 6.54 Å². The van der Waals surface area contributed by atoms with E-state index in [0.717, 1.165) is 5.56 Å². The lowest BCUT2D eigenvalue weighted by atomic mass is 9.81. The fraction of sp³-hybridized carbons (Fsp3) is 0.351. The lowest BCUT2D eigenvalue weighted by molar-refractivity contribution is -0.226. The van der Waals surface area contributed by atoms with Gasteiger partial charge in [0.1, 0.15) is 29.0 Å². The van der Waals surface area contributed by atoms with Gasteiger partial charge in [-0.25, -0.2) is 4.79 Å². The Labute approximate surface area is 303 Å². The van der Waals surface area contributed by atoms with Gasteiger partial charge in [0, 0.05) is 44.0 Å². The number of aromatic nitrogens is 3. The topological polar surface area (TPSA) is 256 Å². The van der Waals surface area contributed by atoms with Crippen LogP contribution in [0.2, 0.25) is 0 Å². The molecule has 0 saturated carbocycles. The van der Waals surface area contributed by atoms with E-state index in [-0.39, 0.29) is 30.2 Å². The van der Waals surface area contributed by atoms with Gasteiger partial charge in [0.25, 0.3) is 11.8 Å². The highest BCUT2D eigenvalue weighted by molar-refractivity contribution is 5.97. The second-order valence-corrected chi connectivity index (χ2v) is 13.2. The number of aryl methyl sites for hydroxylation is 2. The van der Waals surface area contributed by atoms with E-state index in [4.69, 9.17) is 4.74 Å². The number of aromatic amines is 1. The third kappa shape index (κ3) is 9.04. The van der Waals surface area contributed by atoms with Crippen molar-refractivity contribution in [3.8, 4) is 5.75 Å². The molecule has 2 heterocycles. The minimum atomic E-state index is -2.07. The number of hydrogen-bond donors (Lipinski definition) is 9. The zero-order valence-corrected chi connectivity index (χ0v) is 29.2. The molecular weight excluding hydrogens is 688 g/mol. The molecule has 4 aromatic rings. The first-order chi connectivity index (χ1) is 25.2. The number of H-pyrrole nitrogens is 1. The molecule has 0 radical (unpaired) electrons. The zero-order chi connectivity index (χ0) is 38.4. The second-order valence-electron chi connectivity index (χ2n) is 13.2. The van der Waals surface area contributed by atoms with Crippen molar-refractivity contribution in [1.82, 2.24) is 31.4 Å². The van der Waals surface area contributed by atoms with Gasteiger partial charge in [-0.3, -0.25) is 14.4 Å². The third-order valence-electron chi connectivity index (χ3n) is 9.13. The maximum Gasteiger partial charge on any atom is 0.336 e. The van der Waals surface area contributed by atoms with Crippen LogP contribution in [0.25, 0.3) is 17.1 Å². The van der Waals surface area contributed by atoms with Crippen molar-refractivity contribution in [2.45, 2.75) is 76.2 Å². The Bertz CT molecular complexity index is 2010. The van der Waals surface area contributed by atoms with E-state index < -0.39 is 66.8 Å². The lowest BCUT2D eigenvalue weighted by Gasteiger charge is -2.47. The number of carboxylic acids is 1. The Kier molecular flexibility index (Phi) is 11.9. The molecule has 3 amide bonds. The molecule has 280 valence electrons. The summed E-state index contributed by atoms with van der Waals surface area (Å²) in [5, 5.41) is 71.9. The highest BCUT2D eigenvalue weighted by atomic mass is 16.6. The molecule has 1 aromatic heterocycles. The predicted octanol–water partition coefficient (Wildman–Crippen LogP) is 1.24. The van der Waals surface area contributed by atoms with Gasteiger partial charge in [0.2, 0.25) is 5.91 Å². The van der Waals surface area contributed by atoms with E-state index >= 15 is 0 Å². The van der Waals surface area contributed by atoms with Crippen LogP contribution in [-0.4, -0.2) is 107 Å². The fourth-order valence-corrected chi connectivity index (χ4v) is 6.30. The summed E-state index contributed by atoms with van der Waals surface area (Å²) in [5.41, 5.74) is 2.10. The van der Waals surface area contributed by atoms with Gasteiger partial charge in [0.15, 0.2) is 5.60 Å². The van der Waals surface area contributed by atoms with Gasteiger partial charge in [0.05, 0.1) is 18.2 Å². The number of nitrogens with one attached hydrogen (secondary N) is 4. The number of carbonyl (C=O) groups excluding carboxylic acids is 3. The maximum absolute atomic E-state index is 12.8. The summed E-state index contributed by atoms with van der Waals surface area (Å²) in [4.78, 5) is 50.3. The quantitative estimate of drug-likeness (QED) is 0.0942. The Hall–Kier alpha value is -5.68. The van der Waals surface area contributed by atoms with Crippen molar-refractivity contribution in [1.29, 1.82) is 0 Å². The number of carboxylic acid groups (broad SMARTS) is 1. The minimum Gasteiger partial charge on any atom is -0.507 e. The van der Waals surface area contributed by atoms with Gasteiger partial charge in [-0.15, -0.1) is 0 Å². The average molecular weight is 731 g/mol. The summed E-state index contributed by atoms with van der Waals surface area (Å²) in [6, 6.07) is 13.7. The molecule has 0 spiro atoms. The molecule has 1 fully saturated rings. The highest BCUT2D eigenvalue weighted by Gasteiger charge is 2.54. The molecule has 1 aliphatic rings. The normalized spacial score (nSPS) is 21.2. The van der Waals surface area contributed by atoms with Crippen molar-refractivity contribution < 1.29 is 49.4 Å². The van der Waals surface area contributed by atoms with Crippen LogP contribution in [0.4, 0.5) is 0 Å². The van der Waals surface area contributed by atoms with Gasteiger partial charge < -0.3 is 46.2 Å². The number of aliphatic hydroxyl groups excluding tert-OH is 3. The first kappa shape index (κ1) is 38.5. The number of hydrogen-bond acceptors (Lipinski definition) is 11. The summed E-state index contributed by atoms with van der Waals surface area (Å²) in [7, 11) is 0. The maximum atomic E-state index is 12.8. The number of amides is 3. The molecule has 1 saturated heterocycles. The molecule has 5 rings (SSSR count). The molecule has 16 heteroatoms. The first-order valence-electron chi connectivity index (χ1n) is 16.8. The number of aliphatic hydroxyl groups is 3. The van der Waals surface area contributed by atoms with Crippen LogP contribution in [0.15, 0.2) is 60.7 Å². The molecule has 0 unspecified atom stereocenters. The van der Waals surface area contributed by atoms with Crippen LogP contribution >= 0.6 is 0 Å². The molecule has 3 aromatic carbocycles. The van der Waals surface area contributed by atoms with Crippen LogP contribution < -0.4 is 16.0 Å². The number of nitrogens with zero attached hydrogens (tertiary/aromatic N) is 2. The number of benzene rings is 3. The fourth-order valence-electron chi connectivity index (χ4n) is 6.30. The lowest BCUT2D eigenvalue weighted by Crippen LogP contribution is -2.67. The number of phenolic OH excluding ortho intramolecular Hbond substituents is 1. The Morgan fingerprint density at radius 3 is 2.38 bits per heavy atom. The Balaban J connectivity index is 1.26. The standard InChI is InChI=1S/C37H42N6O10/c1-19-12-25(13-20(2)31(19)47)35(50)39-18-29(46)32(48)33-30(40-21(3)44)28(45)16-37(53-33,36(51)52)11-5-8-22-6-4-7-23(14-22)17-38-34(49)24-9-10-26-27(15-24)42-43-41-26/h4-10,12-15,28-30,32-33,45-48H,11,16-18H2,1-3H3,(H,38,49)(H,39,50)(H,40,44)(H,51,52)(H,41,42,43)/b8-5+/t28-,29+,30+,32+,33+,37+/m0/s1. The number of rotatable bonds is 13. The van der Waals surface area contributed by atoms with Gasteiger partial charge in [-0.05, 0) is 72.5 Å². The van der Waals surface area contributed by atoms with Crippen LogP contribution in [0.3, 0.4) is 0 Å². The van der Waals surface area contributed by atoms with Gasteiger partial charge in [-0.1, -0.05) is 30.4 Å². The van der Waals surface area contributed by atoms with Gasteiger partial charge in [-0.2, -0.15) is 15.4 Å². The van der Waals surface area contributed by atoms with Gasteiger partial charge >= 0.3 is 5.97 Å². The van der Waals surface area contributed by atoms with E-state index in [9.17, 15) is 44.7 Å². The number of ether oxygens (including phenoxy) is 1. The summed E-state index contributed by atoms with van der Waals surface area (Å²) in [5.74, 6) is -2.91. The molecular formula is C37H42N6O10. The number of aliphatic carboxylic acids is 1. The highest BCUT2D eigenvalue weighted by Crippen LogP contribution is 2.35. The summed E-state index contributed by atoms with van der Waals surface area (Å²) in [6.45, 7) is 4.13. The summed E-state index contributed by atoms with van der Waals surface area (Å²) < 4.78 is 5.99. The molecule has 1 aliphatic heterocycles. The predicted molar refractivity (Wildman–Crippen MR) is 191 cm³/mol. The van der Waals surface area contributed by atoms with Crippen molar-refractivity contribution in [3.05, 3.63) is 94.1 Å². The molecule has 53 heavy (non-hydrogen) atoms. The largest absolute Gasteiger partial charge is 0.507 e. The molecule has 0 aliphatic carbocycles. The number of aromatic hydroxyl groups is 1. The SMILES string of the molecule is CC(=O)N[C@H]1[C@H]([C@H](O)[C@H](O)CNC(=O)c2cc(C)c(O)c(C)c2)O[C@@](C/C=C/c2cccc(CNC(=O)c3ccc4n[nH]nc4c3)c2)(C(=O)O)C[C@@H]1O. The zero-order valence-electron chi connectivity index (χ0n) is 29.2. The first-order valence-corrected chi connectivity index (χ1v) is 16.8. The monoisotopic (exact) mass is 730 g/mol. The third-order valence-corrected chi connectivity index (χ3v) is 9.13. The second kappa shape index (κ2) is 16.3. The smallest absolute Gasteiger partial charge is 0.336 e. The van der Waals surface area contributed by atoms with E-state index in [0.29, 0.717) is 33.3 Å². The van der Waals surface area contributed by atoms with Crippen LogP contribution in [-0.2, 0) is 20.9 Å².